The molecule has 5 heteroatoms. The lowest BCUT2D eigenvalue weighted by Gasteiger charge is -2.26. The van der Waals surface area contributed by atoms with E-state index in [1.807, 2.05) is 47.4 Å². The summed E-state index contributed by atoms with van der Waals surface area (Å²) in [4.78, 5) is 15.3. The standard InChI is InChI=1S/C25H20BrN3O/c1-16-7-9-17(10-8-16)15-29-24(19-11-13-20(26)14-12-19)21-22(18-5-3-2-4-6-18)27-28-23(21)25(29)30/h2-14,24H,15H2,1H3,(H,27,28). The van der Waals surface area contributed by atoms with Crippen LogP contribution in [0.4, 0.5) is 0 Å². The number of nitrogens with zero attached hydrogens (tertiary/aromatic N) is 2. The molecule has 2 heterocycles. The number of amides is 1. The number of fused-ring (bicyclic) bond motifs is 1. The molecule has 0 bridgehead atoms. The summed E-state index contributed by atoms with van der Waals surface area (Å²) in [6, 6.07) is 26.3. The number of hydrogen-bond acceptors (Lipinski definition) is 2. The first-order valence-electron chi connectivity index (χ1n) is 9.87. The summed E-state index contributed by atoms with van der Waals surface area (Å²) in [5, 5.41) is 7.54. The molecule has 1 atom stereocenters. The van der Waals surface area contributed by atoms with Crippen LogP contribution in [-0.4, -0.2) is 21.0 Å². The van der Waals surface area contributed by atoms with E-state index in [-0.39, 0.29) is 11.9 Å². The van der Waals surface area contributed by atoms with Crippen molar-refractivity contribution >= 4 is 21.8 Å². The number of hydrogen-bond donors (Lipinski definition) is 1. The number of benzene rings is 3. The van der Waals surface area contributed by atoms with Gasteiger partial charge in [0.1, 0.15) is 5.69 Å². The molecule has 4 aromatic rings. The lowest BCUT2D eigenvalue weighted by atomic mass is 9.96. The Morgan fingerprint density at radius 2 is 1.67 bits per heavy atom. The molecule has 1 unspecified atom stereocenters. The lowest BCUT2D eigenvalue weighted by Crippen LogP contribution is -2.29. The number of aryl methyl sites for hydroxylation is 1. The van der Waals surface area contributed by atoms with E-state index in [0.717, 1.165) is 32.4 Å². The molecule has 0 radical (unpaired) electrons. The van der Waals surface area contributed by atoms with Crippen molar-refractivity contribution < 1.29 is 4.79 Å². The number of H-pyrrole nitrogens is 1. The fourth-order valence-electron chi connectivity index (χ4n) is 4.06. The largest absolute Gasteiger partial charge is 0.322 e. The Morgan fingerprint density at radius 3 is 2.37 bits per heavy atom. The maximum atomic E-state index is 13.4. The maximum absolute atomic E-state index is 13.4. The summed E-state index contributed by atoms with van der Waals surface area (Å²) in [6.45, 7) is 2.61. The average Bonchev–Trinajstić information content (AvgIpc) is 3.31. The summed E-state index contributed by atoms with van der Waals surface area (Å²) in [5.41, 5.74) is 6.73. The molecular formula is C25H20BrN3O. The Bertz CT molecular complexity index is 1200. The van der Waals surface area contributed by atoms with Gasteiger partial charge in [-0.1, -0.05) is 88.2 Å². The van der Waals surface area contributed by atoms with Crippen LogP contribution in [0.25, 0.3) is 11.3 Å². The third kappa shape index (κ3) is 3.25. The fraction of sp³-hybridized carbons (Fsp3) is 0.120. The fourth-order valence-corrected chi connectivity index (χ4v) is 4.32. The number of aromatic amines is 1. The highest BCUT2D eigenvalue weighted by atomic mass is 79.9. The van der Waals surface area contributed by atoms with Gasteiger partial charge in [-0.3, -0.25) is 9.89 Å². The molecule has 4 nitrogen and oxygen atoms in total. The topological polar surface area (TPSA) is 49.0 Å². The quantitative estimate of drug-likeness (QED) is 0.415. The summed E-state index contributed by atoms with van der Waals surface area (Å²) < 4.78 is 1.01. The molecule has 0 saturated carbocycles. The van der Waals surface area contributed by atoms with E-state index in [0.29, 0.717) is 12.2 Å². The molecular weight excluding hydrogens is 438 g/mol. The minimum atomic E-state index is -0.198. The third-order valence-corrected chi connectivity index (χ3v) is 6.10. The zero-order valence-corrected chi connectivity index (χ0v) is 18.1. The molecule has 0 aliphatic carbocycles. The van der Waals surface area contributed by atoms with E-state index < -0.39 is 0 Å². The van der Waals surface area contributed by atoms with Crippen LogP contribution in [0.5, 0.6) is 0 Å². The zero-order chi connectivity index (χ0) is 20.7. The smallest absolute Gasteiger partial charge is 0.273 e. The Morgan fingerprint density at radius 1 is 0.967 bits per heavy atom. The Kier molecular flexibility index (Phi) is 4.75. The van der Waals surface area contributed by atoms with Gasteiger partial charge in [0.25, 0.3) is 5.91 Å². The molecule has 0 fully saturated rings. The highest BCUT2D eigenvalue weighted by molar-refractivity contribution is 9.10. The highest BCUT2D eigenvalue weighted by Gasteiger charge is 2.42. The summed E-state index contributed by atoms with van der Waals surface area (Å²) in [6.07, 6.45) is 0. The number of nitrogens with one attached hydrogen (secondary N) is 1. The molecule has 1 aliphatic heterocycles. The molecule has 3 aromatic carbocycles. The monoisotopic (exact) mass is 457 g/mol. The van der Waals surface area contributed by atoms with Crippen molar-refractivity contribution in [1.82, 2.24) is 15.1 Å². The van der Waals surface area contributed by atoms with Crippen molar-refractivity contribution in [3.05, 3.63) is 111 Å². The normalized spacial score (nSPS) is 15.5. The van der Waals surface area contributed by atoms with Gasteiger partial charge in [0.05, 0.1) is 11.7 Å². The van der Waals surface area contributed by atoms with Gasteiger partial charge in [-0.05, 0) is 30.2 Å². The summed E-state index contributed by atoms with van der Waals surface area (Å²) in [5.74, 6) is -0.0202. The predicted molar refractivity (Wildman–Crippen MR) is 121 cm³/mol. The molecule has 5 rings (SSSR count). The van der Waals surface area contributed by atoms with E-state index in [9.17, 15) is 4.79 Å². The molecule has 0 saturated heterocycles. The van der Waals surface area contributed by atoms with Crippen LogP contribution in [0.1, 0.15) is 38.8 Å². The minimum Gasteiger partial charge on any atom is -0.322 e. The van der Waals surface area contributed by atoms with Crippen LogP contribution < -0.4 is 0 Å². The lowest BCUT2D eigenvalue weighted by molar-refractivity contribution is 0.0730. The van der Waals surface area contributed by atoms with Crippen molar-refractivity contribution in [2.45, 2.75) is 19.5 Å². The summed E-state index contributed by atoms with van der Waals surface area (Å²) >= 11 is 3.52. The molecule has 30 heavy (non-hydrogen) atoms. The van der Waals surface area contributed by atoms with E-state index in [4.69, 9.17) is 0 Å². The SMILES string of the molecule is Cc1ccc(CN2C(=O)c3[nH]nc(-c4ccccc4)c3C2c2ccc(Br)cc2)cc1. The Balaban J connectivity index is 1.63. The van der Waals surface area contributed by atoms with Crippen LogP contribution in [0, 0.1) is 6.92 Å². The van der Waals surface area contributed by atoms with Gasteiger partial charge in [-0.2, -0.15) is 5.10 Å². The highest BCUT2D eigenvalue weighted by Crippen LogP contribution is 2.43. The van der Waals surface area contributed by atoms with E-state index in [1.54, 1.807) is 0 Å². The number of carbonyl (C=O) groups is 1. The van der Waals surface area contributed by atoms with Crippen molar-refractivity contribution in [3.8, 4) is 11.3 Å². The second-order valence-electron chi connectivity index (χ2n) is 7.60. The third-order valence-electron chi connectivity index (χ3n) is 5.57. The molecule has 148 valence electrons. The van der Waals surface area contributed by atoms with E-state index >= 15 is 0 Å². The van der Waals surface area contributed by atoms with E-state index in [1.165, 1.54) is 5.56 Å². The van der Waals surface area contributed by atoms with E-state index in [2.05, 4.69) is 69.4 Å². The number of rotatable bonds is 4. The molecule has 1 aliphatic rings. The number of aromatic nitrogens is 2. The second-order valence-corrected chi connectivity index (χ2v) is 8.52. The van der Waals surface area contributed by atoms with Crippen LogP contribution in [0.2, 0.25) is 0 Å². The van der Waals surface area contributed by atoms with Crippen LogP contribution in [-0.2, 0) is 6.54 Å². The molecule has 1 aromatic heterocycles. The molecule has 1 amide bonds. The van der Waals surface area contributed by atoms with Gasteiger partial charge in [0, 0.05) is 22.1 Å². The first-order valence-corrected chi connectivity index (χ1v) is 10.7. The van der Waals surface area contributed by atoms with Gasteiger partial charge in [-0.25, -0.2) is 0 Å². The Labute approximate surface area is 183 Å². The number of carbonyl (C=O) groups excluding carboxylic acids is 1. The van der Waals surface area contributed by atoms with Crippen molar-refractivity contribution in [2.24, 2.45) is 0 Å². The predicted octanol–water partition coefficient (Wildman–Crippen LogP) is 5.89. The van der Waals surface area contributed by atoms with Crippen LogP contribution in [0.3, 0.4) is 0 Å². The first-order chi connectivity index (χ1) is 14.6. The van der Waals surface area contributed by atoms with Gasteiger partial charge in [0.15, 0.2) is 0 Å². The second kappa shape index (κ2) is 7.58. The Hall–Kier alpha value is -3.18. The van der Waals surface area contributed by atoms with Crippen LogP contribution in [0.15, 0.2) is 83.3 Å². The maximum Gasteiger partial charge on any atom is 0.273 e. The minimum absolute atomic E-state index is 0.0202. The van der Waals surface area contributed by atoms with Crippen molar-refractivity contribution in [1.29, 1.82) is 0 Å². The average molecular weight is 458 g/mol. The van der Waals surface area contributed by atoms with Crippen molar-refractivity contribution in [2.75, 3.05) is 0 Å². The van der Waals surface area contributed by atoms with Crippen molar-refractivity contribution in [3.63, 3.8) is 0 Å². The van der Waals surface area contributed by atoms with Gasteiger partial charge < -0.3 is 4.90 Å². The zero-order valence-electron chi connectivity index (χ0n) is 16.5. The molecule has 1 N–H and O–H groups in total. The van der Waals surface area contributed by atoms with Gasteiger partial charge >= 0.3 is 0 Å². The van der Waals surface area contributed by atoms with Crippen LogP contribution >= 0.6 is 15.9 Å². The number of halogens is 1. The van der Waals surface area contributed by atoms with Gasteiger partial charge in [-0.15, -0.1) is 0 Å². The first kappa shape index (κ1) is 18.8. The molecule has 0 spiro atoms. The summed E-state index contributed by atoms with van der Waals surface area (Å²) in [7, 11) is 0. The van der Waals surface area contributed by atoms with Gasteiger partial charge in [0.2, 0.25) is 0 Å².